The van der Waals surface area contributed by atoms with Crippen LogP contribution in [0, 0.1) is 0 Å². The van der Waals surface area contributed by atoms with Crippen LogP contribution in [0.25, 0.3) is 4.96 Å². The molecule has 4 nitrogen and oxygen atoms in total. The molecule has 0 N–H and O–H groups in total. The Morgan fingerprint density at radius 1 is 1.33 bits per heavy atom. The van der Waals surface area contributed by atoms with E-state index in [9.17, 15) is 0 Å². The Hall–Kier alpha value is -1.72. The highest BCUT2D eigenvalue weighted by Gasteiger charge is 2.21. The zero-order valence-corrected chi connectivity index (χ0v) is 12.9. The van der Waals surface area contributed by atoms with Crippen molar-refractivity contribution in [1.29, 1.82) is 0 Å². The zero-order valence-electron chi connectivity index (χ0n) is 11.3. The van der Waals surface area contributed by atoms with Crippen LogP contribution in [0.1, 0.15) is 11.3 Å². The SMILES string of the molecule is ClCc1c(N2CCOc3ccccc3C2)nc2sccn12. The molecule has 21 heavy (non-hydrogen) atoms. The van der Waals surface area contributed by atoms with Gasteiger partial charge in [-0.15, -0.1) is 22.9 Å². The maximum Gasteiger partial charge on any atom is 0.195 e. The Balaban J connectivity index is 1.76. The number of para-hydroxylation sites is 1. The number of imidazole rings is 1. The summed E-state index contributed by atoms with van der Waals surface area (Å²) >= 11 is 7.78. The second-order valence-electron chi connectivity index (χ2n) is 4.95. The van der Waals surface area contributed by atoms with Crippen LogP contribution >= 0.6 is 22.9 Å². The van der Waals surface area contributed by atoms with Crippen molar-refractivity contribution in [3.8, 4) is 5.75 Å². The summed E-state index contributed by atoms with van der Waals surface area (Å²) in [6.45, 7) is 2.26. The zero-order chi connectivity index (χ0) is 14.2. The number of fused-ring (bicyclic) bond motifs is 2. The van der Waals surface area contributed by atoms with Crippen molar-refractivity contribution >= 4 is 33.7 Å². The van der Waals surface area contributed by atoms with E-state index in [0.29, 0.717) is 12.5 Å². The monoisotopic (exact) mass is 319 g/mol. The van der Waals surface area contributed by atoms with Gasteiger partial charge in [0.1, 0.15) is 12.4 Å². The van der Waals surface area contributed by atoms with Crippen LogP contribution in [0.15, 0.2) is 35.8 Å². The van der Waals surface area contributed by atoms with E-state index in [1.54, 1.807) is 11.3 Å². The van der Waals surface area contributed by atoms with Gasteiger partial charge in [-0.25, -0.2) is 4.98 Å². The van der Waals surface area contributed by atoms with Gasteiger partial charge < -0.3 is 9.64 Å². The molecule has 0 amide bonds. The first-order chi connectivity index (χ1) is 10.4. The largest absolute Gasteiger partial charge is 0.491 e. The van der Waals surface area contributed by atoms with Crippen molar-refractivity contribution in [2.45, 2.75) is 12.4 Å². The third-order valence-electron chi connectivity index (χ3n) is 3.72. The van der Waals surface area contributed by atoms with Crippen LogP contribution in [0.5, 0.6) is 5.75 Å². The first kappa shape index (κ1) is 13.0. The summed E-state index contributed by atoms with van der Waals surface area (Å²) in [5, 5.41) is 2.03. The van der Waals surface area contributed by atoms with Crippen LogP contribution in [-0.4, -0.2) is 22.5 Å². The molecule has 0 unspecified atom stereocenters. The van der Waals surface area contributed by atoms with Gasteiger partial charge >= 0.3 is 0 Å². The van der Waals surface area contributed by atoms with Crippen LogP contribution in [0.2, 0.25) is 0 Å². The van der Waals surface area contributed by atoms with E-state index in [2.05, 4.69) is 15.4 Å². The van der Waals surface area contributed by atoms with Gasteiger partial charge in [0, 0.05) is 23.7 Å². The van der Waals surface area contributed by atoms with Gasteiger partial charge in [0.2, 0.25) is 0 Å². The Kier molecular flexibility index (Phi) is 3.24. The van der Waals surface area contributed by atoms with Gasteiger partial charge in [-0.2, -0.15) is 0 Å². The normalized spacial score (nSPS) is 14.8. The molecule has 2 aromatic heterocycles. The average molecular weight is 320 g/mol. The lowest BCUT2D eigenvalue weighted by Gasteiger charge is -2.20. The van der Waals surface area contributed by atoms with E-state index in [1.807, 2.05) is 29.8 Å². The van der Waals surface area contributed by atoms with Crippen molar-refractivity contribution in [3.63, 3.8) is 0 Å². The number of benzene rings is 1. The second-order valence-corrected chi connectivity index (χ2v) is 6.09. The molecule has 3 aromatic rings. The van der Waals surface area contributed by atoms with E-state index in [-0.39, 0.29) is 0 Å². The summed E-state index contributed by atoms with van der Waals surface area (Å²) in [6, 6.07) is 8.17. The molecule has 0 aliphatic carbocycles. The fourth-order valence-corrected chi connectivity index (χ4v) is 3.68. The summed E-state index contributed by atoms with van der Waals surface area (Å²) in [5.41, 5.74) is 2.24. The molecule has 1 aliphatic heterocycles. The molecule has 0 fully saturated rings. The molecule has 0 spiro atoms. The number of anilines is 1. The Bertz CT molecular complexity index is 782. The molecule has 0 saturated heterocycles. The number of hydrogen-bond donors (Lipinski definition) is 0. The van der Waals surface area contributed by atoms with Crippen molar-refractivity contribution < 1.29 is 4.74 Å². The van der Waals surface area contributed by atoms with Crippen LogP contribution < -0.4 is 9.64 Å². The molecule has 1 aliphatic rings. The molecule has 0 saturated carbocycles. The molecule has 0 bridgehead atoms. The lowest BCUT2D eigenvalue weighted by Crippen LogP contribution is -2.26. The van der Waals surface area contributed by atoms with Gasteiger partial charge in [0.25, 0.3) is 0 Å². The van der Waals surface area contributed by atoms with E-state index >= 15 is 0 Å². The van der Waals surface area contributed by atoms with Crippen molar-refractivity contribution in [2.24, 2.45) is 0 Å². The molecule has 6 heteroatoms. The maximum atomic E-state index is 6.16. The molecule has 0 radical (unpaired) electrons. The predicted molar refractivity (Wildman–Crippen MR) is 85.6 cm³/mol. The minimum absolute atomic E-state index is 0.451. The van der Waals surface area contributed by atoms with Crippen LogP contribution in [0.3, 0.4) is 0 Å². The van der Waals surface area contributed by atoms with Crippen molar-refractivity contribution in [3.05, 3.63) is 47.1 Å². The number of thiazole rings is 1. The first-order valence-electron chi connectivity index (χ1n) is 6.83. The van der Waals surface area contributed by atoms with Gasteiger partial charge in [-0.05, 0) is 6.07 Å². The summed E-state index contributed by atoms with van der Waals surface area (Å²) < 4.78 is 7.90. The number of ether oxygens (including phenoxy) is 1. The van der Waals surface area contributed by atoms with Gasteiger partial charge in [0.05, 0.1) is 18.1 Å². The standard InChI is InChI=1S/C15H14ClN3OS/c16-9-12-14(17-15-19(12)6-8-21-15)18-5-7-20-13-4-2-1-3-11(13)10-18/h1-4,6,8H,5,7,9-10H2. The van der Waals surface area contributed by atoms with E-state index in [4.69, 9.17) is 21.3 Å². The van der Waals surface area contributed by atoms with Crippen molar-refractivity contribution in [2.75, 3.05) is 18.1 Å². The van der Waals surface area contributed by atoms with E-state index in [1.165, 1.54) is 5.56 Å². The molecule has 4 rings (SSSR count). The number of nitrogens with zero attached hydrogens (tertiary/aromatic N) is 3. The summed E-state index contributed by atoms with van der Waals surface area (Å²) in [6.07, 6.45) is 2.02. The molecule has 3 heterocycles. The predicted octanol–water partition coefficient (Wildman–Crippen LogP) is 3.53. The number of rotatable bonds is 2. The third kappa shape index (κ3) is 2.17. The average Bonchev–Trinajstić information content (AvgIpc) is 3.01. The highest BCUT2D eigenvalue weighted by molar-refractivity contribution is 7.15. The minimum Gasteiger partial charge on any atom is -0.491 e. The summed E-state index contributed by atoms with van der Waals surface area (Å²) in [7, 11) is 0. The lowest BCUT2D eigenvalue weighted by atomic mass is 10.2. The Labute approximate surface area is 131 Å². The van der Waals surface area contributed by atoms with E-state index in [0.717, 1.165) is 35.3 Å². The van der Waals surface area contributed by atoms with Gasteiger partial charge in [0.15, 0.2) is 10.8 Å². The third-order valence-corrected chi connectivity index (χ3v) is 4.73. The molecule has 108 valence electrons. The smallest absolute Gasteiger partial charge is 0.195 e. The molecule has 1 aromatic carbocycles. The topological polar surface area (TPSA) is 29.8 Å². The Morgan fingerprint density at radius 2 is 2.24 bits per heavy atom. The molecular formula is C15H14ClN3OS. The number of halogens is 1. The highest BCUT2D eigenvalue weighted by atomic mass is 35.5. The van der Waals surface area contributed by atoms with Gasteiger partial charge in [-0.3, -0.25) is 4.40 Å². The van der Waals surface area contributed by atoms with Gasteiger partial charge in [-0.1, -0.05) is 18.2 Å². The fourth-order valence-electron chi connectivity index (χ4n) is 2.71. The Morgan fingerprint density at radius 3 is 3.14 bits per heavy atom. The van der Waals surface area contributed by atoms with E-state index < -0.39 is 0 Å². The minimum atomic E-state index is 0.451. The van der Waals surface area contributed by atoms with Crippen LogP contribution in [-0.2, 0) is 12.4 Å². The highest BCUT2D eigenvalue weighted by Crippen LogP contribution is 2.30. The number of aromatic nitrogens is 2. The fraction of sp³-hybridized carbons (Fsp3) is 0.267. The van der Waals surface area contributed by atoms with Crippen molar-refractivity contribution in [1.82, 2.24) is 9.38 Å². The second kappa shape index (κ2) is 5.24. The first-order valence-corrected chi connectivity index (χ1v) is 8.24. The molecular weight excluding hydrogens is 306 g/mol. The number of hydrogen-bond acceptors (Lipinski definition) is 4. The number of alkyl halides is 1. The summed E-state index contributed by atoms with van der Waals surface area (Å²) in [4.78, 5) is 7.99. The lowest BCUT2D eigenvalue weighted by molar-refractivity contribution is 0.331. The quantitative estimate of drug-likeness (QED) is 0.677. The molecule has 0 atom stereocenters. The maximum absolute atomic E-state index is 6.16. The van der Waals surface area contributed by atoms with Crippen LogP contribution in [0.4, 0.5) is 5.82 Å². The summed E-state index contributed by atoms with van der Waals surface area (Å²) in [5.74, 6) is 2.39.